The number of nitrogens with two attached hydrogens (primary N) is 2. The molecule has 0 radical (unpaired) electrons. The van der Waals surface area contributed by atoms with Crippen LogP contribution < -0.4 is 11.5 Å². The van der Waals surface area contributed by atoms with E-state index in [1.807, 2.05) is 6.92 Å². The summed E-state index contributed by atoms with van der Waals surface area (Å²) in [5, 5.41) is 81.7. The summed E-state index contributed by atoms with van der Waals surface area (Å²) in [6.07, 6.45) is -4.20. The molecule has 15 heteroatoms. The van der Waals surface area contributed by atoms with Crippen molar-refractivity contribution < 1.29 is 59.8 Å². The highest BCUT2D eigenvalue weighted by Crippen LogP contribution is 2.27. The van der Waals surface area contributed by atoms with E-state index in [1.54, 1.807) is 6.08 Å². The summed E-state index contributed by atoms with van der Waals surface area (Å²) in [6.45, 7) is 8.55. The SMILES string of the molecule is CC(C)=CCC/C(C)=C/CC/C(C)=C/C=N/C1C(O)C(CO)OC(OC(O)C(N)CC(N)C(C)OC2OC(CO)C(O)C(O)C2O)C1O. The Morgan fingerprint density at radius 2 is 1.31 bits per heavy atom. The van der Waals surface area contributed by atoms with Gasteiger partial charge in [-0.3, -0.25) is 4.99 Å². The van der Waals surface area contributed by atoms with Crippen molar-refractivity contribution in [3.05, 3.63) is 34.9 Å². The fraction of sp³-hybridized carbons (Fsp3) is 0.788. The van der Waals surface area contributed by atoms with Crippen LogP contribution in [0.4, 0.5) is 0 Å². The Hall–Kier alpha value is -1.67. The number of aliphatic hydroxyl groups is 8. The molecule has 14 atom stereocenters. The van der Waals surface area contributed by atoms with Crippen LogP contribution in [0.1, 0.15) is 66.7 Å². The van der Waals surface area contributed by atoms with Crippen molar-refractivity contribution in [1.29, 1.82) is 0 Å². The molecule has 0 aromatic rings. The highest BCUT2D eigenvalue weighted by molar-refractivity contribution is 5.72. The molecular weight excluding hydrogens is 630 g/mol. The van der Waals surface area contributed by atoms with E-state index in [0.29, 0.717) is 0 Å². The van der Waals surface area contributed by atoms with Gasteiger partial charge in [-0.1, -0.05) is 28.9 Å². The third-order valence-electron chi connectivity index (χ3n) is 8.57. The van der Waals surface area contributed by atoms with E-state index in [0.717, 1.165) is 31.3 Å². The highest BCUT2D eigenvalue weighted by atomic mass is 16.7. The molecule has 278 valence electrons. The van der Waals surface area contributed by atoms with E-state index in [9.17, 15) is 40.9 Å². The van der Waals surface area contributed by atoms with Gasteiger partial charge in [-0.2, -0.15) is 0 Å². The van der Waals surface area contributed by atoms with Crippen LogP contribution in [0.5, 0.6) is 0 Å². The average Bonchev–Trinajstić information content (AvgIpc) is 3.03. The predicted octanol–water partition coefficient (Wildman–Crippen LogP) is -1.13. The van der Waals surface area contributed by atoms with Crippen LogP contribution in [0.3, 0.4) is 0 Å². The van der Waals surface area contributed by atoms with Crippen LogP contribution in [0.2, 0.25) is 0 Å². The monoisotopic (exact) mass is 689 g/mol. The van der Waals surface area contributed by atoms with Gasteiger partial charge in [0.05, 0.1) is 25.4 Å². The summed E-state index contributed by atoms with van der Waals surface area (Å²) >= 11 is 0. The number of allylic oxidation sites excluding steroid dienone is 6. The van der Waals surface area contributed by atoms with Gasteiger partial charge in [-0.15, -0.1) is 0 Å². The van der Waals surface area contributed by atoms with E-state index in [1.165, 1.54) is 24.3 Å². The second kappa shape index (κ2) is 20.9. The zero-order valence-electron chi connectivity index (χ0n) is 28.7. The first-order valence-electron chi connectivity index (χ1n) is 16.5. The molecular formula is C33H59N3O12. The Labute approximate surface area is 283 Å². The number of ether oxygens (including phenoxy) is 4. The first kappa shape index (κ1) is 42.5. The van der Waals surface area contributed by atoms with E-state index < -0.39 is 99.0 Å². The molecule has 0 spiro atoms. The zero-order valence-corrected chi connectivity index (χ0v) is 28.7. The minimum absolute atomic E-state index is 0.0928. The molecule has 14 unspecified atom stereocenters. The van der Waals surface area contributed by atoms with Gasteiger partial charge < -0.3 is 71.3 Å². The third kappa shape index (κ3) is 12.9. The lowest BCUT2D eigenvalue weighted by Crippen LogP contribution is -2.60. The Balaban J connectivity index is 1.95. The van der Waals surface area contributed by atoms with Crippen molar-refractivity contribution >= 4 is 6.21 Å². The summed E-state index contributed by atoms with van der Waals surface area (Å²) in [4.78, 5) is 4.32. The van der Waals surface area contributed by atoms with Crippen molar-refractivity contribution in [2.24, 2.45) is 16.5 Å². The van der Waals surface area contributed by atoms with Gasteiger partial charge in [-0.05, 0) is 72.8 Å². The van der Waals surface area contributed by atoms with Crippen molar-refractivity contribution in [3.8, 4) is 0 Å². The van der Waals surface area contributed by atoms with Crippen LogP contribution in [0, 0.1) is 0 Å². The lowest BCUT2D eigenvalue weighted by Gasteiger charge is -2.42. The maximum atomic E-state index is 10.9. The quantitative estimate of drug-likeness (QED) is 0.0464. The van der Waals surface area contributed by atoms with Crippen LogP contribution in [0.25, 0.3) is 0 Å². The van der Waals surface area contributed by atoms with Gasteiger partial charge in [0, 0.05) is 12.3 Å². The van der Waals surface area contributed by atoms with Gasteiger partial charge >= 0.3 is 0 Å². The second-order valence-corrected chi connectivity index (χ2v) is 13.0. The lowest BCUT2D eigenvalue weighted by molar-refractivity contribution is -0.317. The summed E-state index contributed by atoms with van der Waals surface area (Å²) in [5.41, 5.74) is 16.0. The van der Waals surface area contributed by atoms with Crippen LogP contribution in [0.15, 0.2) is 39.9 Å². The average molecular weight is 690 g/mol. The molecule has 2 saturated heterocycles. The third-order valence-corrected chi connectivity index (χ3v) is 8.57. The lowest BCUT2D eigenvalue weighted by atomic mass is 9.96. The first-order chi connectivity index (χ1) is 22.6. The minimum atomic E-state index is -1.71. The zero-order chi connectivity index (χ0) is 36.1. The highest BCUT2D eigenvalue weighted by Gasteiger charge is 2.47. The maximum Gasteiger partial charge on any atom is 0.189 e. The van der Waals surface area contributed by atoms with Crippen molar-refractivity contribution in [3.63, 3.8) is 0 Å². The Morgan fingerprint density at radius 1 is 0.750 bits per heavy atom. The smallest absolute Gasteiger partial charge is 0.189 e. The summed E-state index contributed by atoms with van der Waals surface area (Å²) < 4.78 is 22.0. The van der Waals surface area contributed by atoms with Gasteiger partial charge in [0.25, 0.3) is 0 Å². The molecule has 0 bridgehead atoms. The molecule has 0 aromatic carbocycles. The molecule has 2 rings (SSSR count). The van der Waals surface area contributed by atoms with Crippen molar-refractivity contribution in [2.75, 3.05) is 13.2 Å². The molecule has 12 N–H and O–H groups in total. The number of aliphatic hydroxyl groups excluding tert-OH is 8. The summed E-state index contributed by atoms with van der Waals surface area (Å²) in [5.74, 6) is 0. The number of rotatable bonds is 18. The number of nitrogens with zero attached hydrogens (tertiary/aromatic N) is 1. The Kier molecular flexibility index (Phi) is 18.5. The molecule has 0 amide bonds. The van der Waals surface area contributed by atoms with E-state index in [2.05, 4.69) is 37.9 Å². The normalized spacial score (nSPS) is 34.6. The molecule has 15 nitrogen and oxygen atoms in total. The van der Waals surface area contributed by atoms with Crippen LogP contribution in [-0.2, 0) is 18.9 Å². The topological polar surface area (TPSA) is 263 Å². The van der Waals surface area contributed by atoms with Crippen LogP contribution >= 0.6 is 0 Å². The van der Waals surface area contributed by atoms with Crippen molar-refractivity contribution in [1.82, 2.24) is 0 Å². The van der Waals surface area contributed by atoms with Gasteiger partial charge in [-0.25, -0.2) is 0 Å². The second-order valence-electron chi connectivity index (χ2n) is 13.0. The fourth-order valence-electron chi connectivity index (χ4n) is 5.30. The summed E-state index contributed by atoms with van der Waals surface area (Å²) in [7, 11) is 0. The maximum absolute atomic E-state index is 10.9. The Bertz CT molecular complexity index is 1070. The van der Waals surface area contributed by atoms with Crippen LogP contribution in [-0.4, -0.2) is 146 Å². The molecule has 0 aromatic heterocycles. The number of hydrogen-bond donors (Lipinski definition) is 10. The molecule has 2 aliphatic heterocycles. The minimum Gasteiger partial charge on any atom is -0.394 e. The van der Waals surface area contributed by atoms with Gasteiger partial charge in [0.1, 0.15) is 48.8 Å². The number of aliphatic imine (C=N–C) groups is 1. The largest absolute Gasteiger partial charge is 0.394 e. The van der Waals surface area contributed by atoms with Gasteiger partial charge in [0.15, 0.2) is 18.9 Å². The van der Waals surface area contributed by atoms with E-state index in [4.69, 9.17) is 30.4 Å². The molecule has 2 fully saturated rings. The molecule has 2 aliphatic rings. The standard InChI is InChI=1S/C33H59N3O12/c1-17(2)8-6-9-18(3)10-7-11-19(4)12-13-36-25-26(39)23(15-37)46-32(28(25)41)48-31(44)22(35)14-21(34)20(5)45-33-30(43)29(42)27(40)24(16-38)47-33/h8,10,12-13,20-33,37-44H,6-7,9,11,14-16,34-35H2,1-5H3/b18-10+,19-12+,36-13+. The molecule has 0 saturated carbocycles. The molecule has 48 heavy (non-hydrogen) atoms. The summed E-state index contributed by atoms with van der Waals surface area (Å²) in [6, 6.07) is -3.13. The predicted molar refractivity (Wildman–Crippen MR) is 177 cm³/mol. The Morgan fingerprint density at radius 3 is 1.92 bits per heavy atom. The molecule has 2 heterocycles. The van der Waals surface area contributed by atoms with Crippen molar-refractivity contribution in [2.45, 2.75) is 153 Å². The first-order valence-corrected chi connectivity index (χ1v) is 16.5. The fourth-order valence-corrected chi connectivity index (χ4v) is 5.30. The van der Waals surface area contributed by atoms with E-state index in [-0.39, 0.29) is 6.42 Å². The van der Waals surface area contributed by atoms with E-state index >= 15 is 0 Å². The molecule has 0 aliphatic carbocycles. The number of hydrogen-bond acceptors (Lipinski definition) is 15. The van der Waals surface area contributed by atoms with Gasteiger partial charge in [0.2, 0.25) is 0 Å².